The highest BCUT2D eigenvalue weighted by molar-refractivity contribution is 5.76. The Labute approximate surface area is 177 Å². The van der Waals surface area contributed by atoms with Crippen molar-refractivity contribution in [2.24, 2.45) is 5.92 Å². The van der Waals surface area contributed by atoms with Gasteiger partial charge in [-0.25, -0.2) is 4.39 Å². The normalized spacial score (nSPS) is 20.7. The molecule has 7 nitrogen and oxygen atoms in total. The van der Waals surface area contributed by atoms with Gasteiger partial charge in [-0.05, 0) is 49.7 Å². The van der Waals surface area contributed by atoms with Crippen LogP contribution in [0.4, 0.5) is 4.39 Å². The third-order valence-corrected chi connectivity index (χ3v) is 5.62. The van der Waals surface area contributed by atoms with Crippen LogP contribution in [0.5, 0.6) is 0 Å². The van der Waals surface area contributed by atoms with Crippen molar-refractivity contribution in [3.63, 3.8) is 0 Å². The van der Waals surface area contributed by atoms with E-state index in [0.717, 1.165) is 25.3 Å². The average molecular weight is 422 g/mol. The van der Waals surface area contributed by atoms with E-state index < -0.39 is 0 Å². The zero-order valence-electron chi connectivity index (χ0n) is 17.5. The first-order chi connectivity index (χ1) is 14.4. The lowest BCUT2D eigenvalue weighted by Gasteiger charge is -2.30. The van der Waals surface area contributed by atoms with Crippen molar-refractivity contribution in [1.29, 1.82) is 0 Å². The molecule has 1 heterocycles. The molecule has 2 fully saturated rings. The van der Waals surface area contributed by atoms with Gasteiger partial charge in [-0.15, -0.1) is 0 Å². The summed E-state index contributed by atoms with van der Waals surface area (Å²) in [6.45, 7) is 3.43. The Morgan fingerprint density at radius 3 is 2.47 bits per heavy atom. The van der Waals surface area contributed by atoms with Crippen molar-refractivity contribution in [2.75, 3.05) is 19.6 Å². The van der Waals surface area contributed by atoms with Gasteiger partial charge in [-0.1, -0.05) is 18.2 Å². The van der Waals surface area contributed by atoms with Crippen molar-refractivity contribution >= 4 is 18.3 Å². The molecule has 3 rings (SSSR count). The number of halogens is 1. The number of likely N-dealkylation sites (tertiary alicyclic amines) is 1. The van der Waals surface area contributed by atoms with E-state index in [1.54, 1.807) is 19.1 Å². The van der Waals surface area contributed by atoms with Crippen LogP contribution in [0.25, 0.3) is 0 Å². The predicted molar refractivity (Wildman–Crippen MR) is 111 cm³/mol. The van der Waals surface area contributed by atoms with E-state index in [0.29, 0.717) is 37.5 Å². The molecular weight excluding hydrogens is 389 g/mol. The maximum atomic E-state index is 13.6. The highest BCUT2D eigenvalue weighted by Crippen LogP contribution is 2.35. The number of amides is 2. The molecule has 1 saturated heterocycles. The van der Waals surface area contributed by atoms with E-state index in [4.69, 9.17) is 9.90 Å². The third-order valence-electron chi connectivity index (χ3n) is 5.62. The van der Waals surface area contributed by atoms with Crippen LogP contribution in [0.3, 0.4) is 0 Å². The number of carboxylic acid groups (broad SMARTS) is 1. The van der Waals surface area contributed by atoms with Gasteiger partial charge in [0.05, 0.1) is 0 Å². The molecule has 0 spiro atoms. The number of nitrogens with one attached hydrogen (secondary N) is 2. The fraction of sp³-hybridized carbons (Fsp3) is 0.591. The predicted octanol–water partition coefficient (Wildman–Crippen LogP) is 1.95. The van der Waals surface area contributed by atoms with Gasteiger partial charge in [0.15, 0.2) is 0 Å². The molecule has 2 atom stereocenters. The first-order valence-electron chi connectivity index (χ1n) is 10.5. The Morgan fingerprint density at radius 2 is 1.83 bits per heavy atom. The summed E-state index contributed by atoms with van der Waals surface area (Å²) in [4.78, 5) is 34.4. The summed E-state index contributed by atoms with van der Waals surface area (Å²) in [5, 5.41) is 12.8. The van der Waals surface area contributed by atoms with Gasteiger partial charge < -0.3 is 15.7 Å². The van der Waals surface area contributed by atoms with Gasteiger partial charge in [0.1, 0.15) is 5.82 Å². The summed E-state index contributed by atoms with van der Waals surface area (Å²) >= 11 is 0. The van der Waals surface area contributed by atoms with Crippen molar-refractivity contribution in [2.45, 2.75) is 57.5 Å². The summed E-state index contributed by atoms with van der Waals surface area (Å²) in [6.07, 6.45) is 5.51. The lowest BCUT2D eigenvalue weighted by atomic mass is 10.1. The smallest absolute Gasteiger partial charge is 0.290 e. The maximum Gasteiger partial charge on any atom is 0.290 e. The molecular formula is C22H32FN3O4. The highest BCUT2D eigenvalue weighted by atomic mass is 19.1. The largest absolute Gasteiger partial charge is 0.483 e. The Bertz CT molecular complexity index is 711. The molecule has 1 aliphatic carbocycles. The molecule has 0 unspecified atom stereocenters. The van der Waals surface area contributed by atoms with Crippen LogP contribution >= 0.6 is 0 Å². The van der Waals surface area contributed by atoms with Crippen LogP contribution in [0.1, 0.15) is 44.6 Å². The van der Waals surface area contributed by atoms with E-state index in [-0.39, 0.29) is 30.1 Å². The van der Waals surface area contributed by atoms with Gasteiger partial charge in [-0.2, -0.15) is 0 Å². The van der Waals surface area contributed by atoms with E-state index >= 15 is 0 Å². The Balaban J connectivity index is 0.00000101. The number of carbonyl (C=O) groups is 3. The minimum Gasteiger partial charge on any atom is -0.483 e. The number of nitrogens with zero attached hydrogens (tertiary/aromatic N) is 1. The molecule has 0 bridgehead atoms. The number of carbonyl (C=O) groups excluding carboxylic acids is 2. The van der Waals surface area contributed by atoms with Crippen LogP contribution in [0.15, 0.2) is 24.3 Å². The molecule has 1 aromatic carbocycles. The van der Waals surface area contributed by atoms with E-state index in [9.17, 15) is 14.0 Å². The molecule has 3 N–H and O–H groups in total. The molecule has 2 aliphatic rings. The average Bonchev–Trinajstić information content (AvgIpc) is 3.44. The lowest BCUT2D eigenvalue weighted by molar-refractivity contribution is -0.123. The van der Waals surface area contributed by atoms with Gasteiger partial charge >= 0.3 is 0 Å². The second kappa shape index (κ2) is 12.3. The first kappa shape index (κ1) is 23.8. The fourth-order valence-electron chi connectivity index (χ4n) is 3.94. The maximum absolute atomic E-state index is 13.6. The minimum absolute atomic E-state index is 0.00397. The summed E-state index contributed by atoms with van der Waals surface area (Å²) in [7, 11) is 0. The molecule has 8 heteroatoms. The third kappa shape index (κ3) is 8.10. The molecule has 30 heavy (non-hydrogen) atoms. The van der Waals surface area contributed by atoms with Crippen LogP contribution in [0, 0.1) is 11.7 Å². The Kier molecular flexibility index (Phi) is 9.73. The number of hydrogen-bond acceptors (Lipinski definition) is 4. The van der Waals surface area contributed by atoms with Crippen LogP contribution in [-0.2, 0) is 20.8 Å². The van der Waals surface area contributed by atoms with Crippen LogP contribution < -0.4 is 10.6 Å². The minimum atomic E-state index is -0.250. The van der Waals surface area contributed by atoms with E-state index in [1.807, 2.05) is 6.07 Å². The van der Waals surface area contributed by atoms with Gasteiger partial charge in [-0.3, -0.25) is 19.3 Å². The molecule has 166 valence electrons. The zero-order chi connectivity index (χ0) is 21.9. The van der Waals surface area contributed by atoms with Gasteiger partial charge in [0, 0.05) is 45.1 Å². The van der Waals surface area contributed by atoms with Crippen LogP contribution in [0.2, 0.25) is 0 Å². The van der Waals surface area contributed by atoms with Gasteiger partial charge in [0.25, 0.3) is 6.47 Å². The SMILES string of the molecule is CC(=O)NC[C@H]1CC[C@@H](CC(=O)NCCc2ccccc2F)N1CC1CC1.O=CO. The summed E-state index contributed by atoms with van der Waals surface area (Å²) in [5.74, 6) is 0.543. The molecule has 0 aromatic heterocycles. The van der Waals surface area contributed by atoms with Crippen LogP contribution in [-0.4, -0.2) is 60.0 Å². The van der Waals surface area contributed by atoms with Crippen molar-refractivity contribution in [1.82, 2.24) is 15.5 Å². The number of rotatable bonds is 9. The topological polar surface area (TPSA) is 98.7 Å². The number of hydrogen-bond donors (Lipinski definition) is 3. The quantitative estimate of drug-likeness (QED) is 0.530. The second-order valence-electron chi connectivity index (χ2n) is 7.96. The highest BCUT2D eigenvalue weighted by Gasteiger charge is 2.37. The molecule has 0 radical (unpaired) electrons. The monoisotopic (exact) mass is 421 g/mol. The first-order valence-corrected chi connectivity index (χ1v) is 10.5. The molecule has 2 amide bonds. The van der Waals surface area contributed by atoms with E-state index in [1.165, 1.54) is 18.9 Å². The Hall–Kier alpha value is -2.48. The van der Waals surface area contributed by atoms with Gasteiger partial charge in [0.2, 0.25) is 11.8 Å². The standard InChI is InChI=1S/C21H30FN3O2.CH2O2/c1-15(26)24-13-19-9-8-18(25(19)14-16-6-7-16)12-21(27)23-11-10-17-4-2-3-5-20(17)22;2-1-3/h2-5,16,18-19H,6-14H2,1H3,(H,23,27)(H,24,26);1H,(H,2,3)/t18-,19+;/m0./s1. The fourth-order valence-corrected chi connectivity index (χ4v) is 3.94. The zero-order valence-corrected chi connectivity index (χ0v) is 17.5. The Morgan fingerprint density at radius 1 is 1.17 bits per heavy atom. The molecule has 1 aromatic rings. The number of benzene rings is 1. The molecule has 1 saturated carbocycles. The van der Waals surface area contributed by atoms with E-state index in [2.05, 4.69) is 15.5 Å². The van der Waals surface area contributed by atoms with Crippen molar-refractivity contribution in [3.05, 3.63) is 35.6 Å². The van der Waals surface area contributed by atoms with Crippen molar-refractivity contribution in [3.8, 4) is 0 Å². The summed E-state index contributed by atoms with van der Waals surface area (Å²) in [6, 6.07) is 7.24. The van der Waals surface area contributed by atoms with Crippen molar-refractivity contribution < 1.29 is 23.9 Å². The summed E-state index contributed by atoms with van der Waals surface area (Å²) in [5.41, 5.74) is 0.629. The molecule has 1 aliphatic heterocycles. The second-order valence-corrected chi connectivity index (χ2v) is 7.96. The summed E-state index contributed by atoms with van der Waals surface area (Å²) < 4.78 is 13.6. The lowest BCUT2D eigenvalue weighted by Crippen LogP contribution is -2.45.